The molecule has 0 N–H and O–H groups in total. The van der Waals surface area contributed by atoms with E-state index in [0.717, 1.165) is 16.8 Å². The van der Waals surface area contributed by atoms with Crippen molar-refractivity contribution < 1.29 is 14.3 Å². The van der Waals surface area contributed by atoms with Crippen LogP contribution >= 0.6 is 0 Å². The number of ether oxygens (including phenoxy) is 1. The van der Waals surface area contributed by atoms with Crippen molar-refractivity contribution >= 4 is 17.3 Å². The summed E-state index contributed by atoms with van der Waals surface area (Å²) >= 11 is 0. The Hall–Kier alpha value is -1.97. The van der Waals surface area contributed by atoms with Gasteiger partial charge in [-0.2, -0.15) is 0 Å². The predicted molar refractivity (Wildman–Crippen MR) is 71.3 cm³/mol. The van der Waals surface area contributed by atoms with E-state index in [1.54, 1.807) is 20.0 Å². The number of allylic oxidation sites excluding steroid dienone is 2. The van der Waals surface area contributed by atoms with Crippen LogP contribution < -0.4 is 0 Å². The summed E-state index contributed by atoms with van der Waals surface area (Å²) in [4.78, 5) is 28.2. The standard InChI is InChI=1S/C15H17NO3/c1-4-19-15(18)12-7-11(10(3)14(12)17)13-6-5-9(2)8-16-13/h5-6,8,12H,4,7H2,1-3H3. The normalized spacial score (nSPS) is 18.9. The number of esters is 1. The molecule has 1 aliphatic rings. The second-order valence-electron chi connectivity index (χ2n) is 4.70. The first-order valence-electron chi connectivity index (χ1n) is 6.38. The highest BCUT2D eigenvalue weighted by Gasteiger charge is 2.37. The Labute approximate surface area is 112 Å². The lowest BCUT2D eigenvalue weighted by Gasteiger charge is -2.07. The van der Waals surface area contributed by atoms with Gasteiger partial charge in [0.1, 0.15) is 5.92 Å². The molecule has 0 fully saturated rings. The van der Waals surface area contributed by atoms with Gasteiger partial charge in [0.25, 0.3) is 0 Å². The summed E-state index contributed by atoms with van der Waals surface area (Å²) in [5.41, 5.74) is 3.30. The van der Waals surface area contributed by atoms with Crippen LogP contribution in [-0.2, 0) is 14.3 Å². The quantitative estimate of drug-likeness (QED) is 0.617. The van der Waals surface area contributed by atoms with Crippen LogP contribution in [0.4, 0.5) is 0 Å². The van der Waals surface area contributed by atoms with Crippen molar-refractivity contribution in [1.82, 2.24) is 4.98 Å². The highest BCUT2D eigenvalue weighted by atomic mass is 16.5. The van der Waals surface area contributed by atoms with Gasteiger partial charge in [-0.05, 0) is 50.0 Å². The highest BCUT2D eigenvalue weighted by molar-refractivity contribution is 6.16. The molecule has 0 radical (unpaired) electrons. The third kappa shape index (κ3) is 2.57. The molecule has 2 rings (SSSR count). The van der Waals surface area contributed by atoms with Crippen LogP contribution in [0, 0.1) is 12.8 Å². The summed E-state index contributed by atoms with van der Waals surface area (Å²) in [5.74, 6) is -1.28. The molecule has 100 valence electrons. The lowest BCUT2D eigenvalue weighted by atomic mass is 10.0. The number of carbonyl (C=O) groups excluding carboxylic acids is 2. The lowest BCUT2D eigenvalue weighted by Crippen LogP contribution is -2.22. The van der Waals surface area contributed by atoms with E-state index in [1.165, 1.54) is 0 Å². The summed E-state index contributed by atoms with van der Waals surface area (Å²) in [5, 5.41) is 0. The van der Waals surface area contributed by atoms with E-state index in [-0.39, 0.29) is 5.78 Å². The number of pyridine rings is 1. The van der Waals surface area contributed by atoms with Crippen molar-refractivity contribution in [2.24, 2.45) is 5.92 Å². The van der Waals surface area contributed by atoms with Gasteiger partial charge in [-0.3, -0.25) is 14.6 Å². The van der Waals surface area contributed by atoms with Gasteiger partial charge in [-0.25, -0.2) is 0 Å². The monoisotopic (exact) mass is 259 g/mol. The maximum absolute atomic E-state index is 12.1. The summed E-state index contributed by atoms with van der Waals surface area (Å²) in [6, 6.07) is 3.83. The van der Waals surface area contributed by atoms with E-state index < -0.39 is 11.9 Å². The molecule has 0 bridgehead atoms. The SMILES string of the molecule is CCOC(=O)C1CC(c2ccc(C)cn2)=C(C)C1=O. The number of carbonyl (C=O) groups is 2. The van der Waals surface area contributed by atoms with Gasteiger partial charge in [-0.15, -0.1) is 0 Å². The maximum Gasteiger partial charge on any atom is 0.317 e. The fourth-order valence-corrected chi connectivity index (χ4v) is 2.24. The van der Waals surface area contributed by atoms with E-state index in [2.05, 4.69) is 4.98 Å². The molecule has 0 aliphatic heterocycles. The first kappa shape index (κ1) is 13.5. The number of hydrogen-bond donors (Lipinski definition) is 0. The average Bonchev–Trinajstić information content (AvgIpc) is 2.68. The molecule has 4 heteroatoms. The third-order valence-electron chi connectivity index (χ3n) is 3.34. The zero-order valence-corrected chi connectivity index (χ0v) is 11.4. The molecule has 4 nitrogen and oxygen atoms in total. The zero-order valence-electron chi connectivity index (χ0n) is 11.4. The summed E-state index contributed by atoms with van der Waals surface area (Å²) in [6.07, 6.45) is 2.15. The van der Waals surface area contributed by atoms with Crippen molar-refractivity contribution in [3.05, 3.63) is 35.2 Å². The maximum atomic E-state index is 12.1. The number of Topliss-reactive ketones (excluding diaryl/α,β-unsaturated/α-hetero) is 1. The molecular weight excluding hydrogens is 242 g/mol. The average molecular weight is 259 g/mol. The van der Waals surface area contributed by atoms with E-state index in [4.69, 9.17) is 4.74 Å². The number of nitrogens with zero attached hydrogens (tertiary/aromatic N) is 1. The van der Waals surface area contributed by atoms with Crippen LogP contribution in [0.2, 0.25) is 0 Å². The zero-order chi connectivity index (χ0) is 14.0. The van der Waals surface area contributed by atoms with Crippen molar-refractivity contribution in [3.8, 4) is 0 Å². The molecule has 0 saturated heterocycles. The molecule has 0 aromatic carbocycles. The number of aromatic nitrogens is 1. The molecule has 1 aromatic rings. The number of hydrogen-bond acceptors (Lipinski definition) is 4. The topological polar surface area (TPSA) is 56.3 Å². The first-order chi connectivity index (χ1) is 9.04. The Kier molecular flexibility index (Phi) is 3.79. The van der Waals surface area contributed by atoms with Gasteiger partial charge in [0, 0.05) is 6.20 Å². The molecule has 1 heterocycles. The lowest BCUT2D eigenvalue weighted by molar-refractivity contribution is -0.150. The molecule has 1 atom stereocenters. The van der Waals surface area contributed by atoms with Crippen LogP contribution in [0.25, 0.3) is 5.57 Å². The molecule has 0 amide bonds. The second kappa shape index (κ2) is 5.34. The van der Waals surface area contributed by atoms with Gasteiger partial charge in [0.2, 0.25) is 0 Å². The van der Waals surface area contributed by atoms with E-state index in [1.807, 2.05) is 19.1 Å². The van der Waals surface area contributed by atoms with Crippen LogP contribution in [0.1, 0.15) is 31.5 Å². The van der Waals surface area contributed by atoms with Gasteiger partial charge >= 0.3 is 5.97 Å². The summed E-state index contributed by atoms with van der Waals surface area (Å²) in [6.45, 7) is 5.73. The molecular formula is C15H17NO3. The van der Waals surface area contributed by atoms with Crippen LogP contribution in [0.3, 0.4) is 0 Å². The molecule has 0 saturated carbocycles. The predicted octanol–water partition coefficient (Wildman–Crippen LogP) is 2.32. The van der Waals surface area contributed by atoms with Gasteiger partial charge in [0.05, 0.1) is 12.3 Å². The fourth-order valence-electron chi connectivity index (χ4n) is 2.24. The van der Waals surface area contributed by atoms with Crippen molar-refractivity contribution in [2.75, 3.05) is 6.61 Å². The van der Waals surface area contributed by atoms with Crippen LogP contribution in [0.5, 0.6) is 0 Å². The van der Waals surface area contributed by atoms with Crippen LogP contribution in [-0.4, -0.2) is 23.3 Å². The van der Waals surface area contributed by atoms with Gasteiger partial charge in [0.15, 0.2) is 5.78 Å². The number of ketones is 1. The summed E-state index contributed by atoms with van der Waals surface area (Å²) in [7, 11) is 0. The highest BCUT2D eigenvalue weighted by Crippen LogP contribution is 2.35. The van der Waals surface area contributed by atoms with Crippen LogP contribution in [0.15, 0.2) is 23.9 Å². The van der Waals surface area contributed by atoms with Crippen molar-refractivity contribution in [2.45, 2.75) is 27.2 Å². The fraction of sp³-hybridized carbons (Fsp3) is 0.400. The Morgan fingerprint density at radius 2 is 2.16 bits per heavy atom. The molecule has 0 spiro atoms. The largest absolute Gasteiger partial charge is 0.465 e. The van der Waals surface area contributed by atoms with Gasteiger partial charge < -0.3 is 4.74 Å². The van der Waals surface area contributed by atoms with E-state index >= 15 is 0 Å². The molecule has 1 aliphatic carbocycles. The van der Waals surface area contributed by atoms with E-state index in [0.29, 0.717) is 18.6 Å². The minimum atomic E-state index is -0.696. The molecule has 1 unspecified atom stereocenters. The number of rotatable bonds is 3. The van der Waals surface area contributed by atoms with E-state index in [9.17, 15) is 9.59 Å². The smallest absolute Gasteiger partial charge is 0.317 e. The summed E-state index contributed by atoms with van der Waals surface area (Å²) < 4.78 is 4.94. The Balaban J connectivity index is 2.26. The second-order valence-corrected chi connectivity index (χ2v) is 4.70. The third-order valence-corrected chi connectivity index (χ3v) is 3.34. The minimum absolute atomic E-state index is 0.143. The molecule has 1 aromatic heterocycles. The number of aryl methyl sites for hydroxylation is 1. The Bertz CT molecular complexity index is 543. The van der Waals surface area contributed by atoms with Crippen molar-refractivity contribution in [1.29, 1.82) is 0 Å². The first-order valence-corrected chi connectivity index (χ1v) is 6.38. The minimum Gasteiger partial charge on any atom is -0.465 e. The Morgan fingerprint density at radius 3 is 2.74 bits per heavy atom. The molecule has 19 heavy (non-hydrogen) atoms. The van der Waals surface area contributed by atoms with Gasteiger partial charge in [-0.1, -0.05) is 6.07 Å². The Morgan fingerprint density at radius 1 is 1.42 bits per heavy atom. The van der Waals surface area contributed by atoms with Crippen molar-refractivity contribution in [3.63, 3.8) is 0 Å².